The molecule has 28 heavy (non-hydrogen) atoms. The van der Waals surface area contributed by atoms with Gasteiger partial charge in [0.2, 0.25) is 0 Å². The highest BCUT2D eigenvalue weighted by molar-refractivity contribution is 7.79. The van der Waals surface area contributed by atoms with Crippen LogP contribution in [0.5, 0.6) is 0 Å². The van der Waals surface area contributed by atoms with E-state index in [0.717, 1.165) is 38.4 Å². The third-order valence-corrected chi connectivity index (χ3v) is 5.60. The van der Waals surface area contributed by atoms with Gasteiger partial charge in [-0.2, -0.15) is 12.6 Å². The molecule has 0 aromatic heterocycles. The highest BCUT2D eigenvalue weighted by Crippen LogP contribution is 2.23. The molecule has 2 unspecified atom stereocenters. The average Bonchev–Trinajstić information content (AvgIpc) is 2.60. The van der Waals surface area contributed by atoms with E-state index >= 15 is 0 Å². The summed E-state index contributed by atoms with van der Waals surface area (Å²) in [6.45, 7) is 15.0. The summed E-state index contributed by atoms with van der Waals surface area (Å²) in [5.74, 6) is 1.44. The van der Waals surface area contributed by atoms with E-state index in [2.05, 4.69) is 82.5 Å². The normalized spacial score (nSPS) is 18.2. The predicted molar refractivity (Wildman–Crippen MR) is 125 cm³/mol. The van der Waals surface area contributed by atoms with Crippen LogP contribution in [0.4, 0.5) is 0 Å². The Balaban J connectivity index is 2.08. The number of aryl methyl sites for hydroxylation is 1. The number of rotatable bonds is 11. The van der Waals surface area contributed by atoms with E-state index in [-0.39, 0.29) is 6.10 Å². The summed E-state index contributed by atoms with van der Waals surface area (Å²) >= 11 is 4.46. The van der Waals surface area contributed by atoms with Crippen molar-refractivity contribution < 1.29 is 4.74 Å². The standard InChI is InChI=1S/C25H39NOS/c1-6-8-26(16-23-11-19(3)9-20(4)12-23)17-25(27-7-2)15-22-10-21(5)13-24(14-22)18-28/h9-11,13-14,20,25,28H,6-8,12,15-18H2,1-5H3. The molecule has 1 aliphatic carbocycles. The molecule has 0 aliphatic heterocycles. The Morgan fingerprint density at radius 3 is 2.57 bits per heavy atom. The molecule has 0 saturated carbocycles. The Bertz CT molecular complexity index is 679. The first-order valence-corrected chi connectivity index (χ1v) is 11.5. The van der Waals surface area contributed by atoms with Gasteiger partial charge in [-0.05, 0) is 63.6 Å². The second-order valence-corrected chi connectivity index (χ2v) is 8.71. The summed E-state index contributed by atoms with van der Waals surface area (Å²) in [5.41, 5.74) is 6.94. The van der Waals surface area contributed by atoms with Crippen molar-refractivity contribution in [2.45, 2.75) is 65.7 Å². The second-order valence-electron chi connectivity index (χ2n) is 8.40. The summed E-state index contributed by atoms with van der Waals surface area (Å²) in [6, 6.07) is 6.81. The van der Waals surface area contributed by atoms with Crippen LogP contribution in [0, 0.1) is 12.8 Å². The van der Waals surface area contributed by atoms with Crippen molar-refractivity contribution in [2.75, 3.05) is 26.2 Å². The van der Waals surface area contributed by atoms with Gasteiger partial charge in [0, 0.05) is 25.4 Å². The van der Waals surface area contributed by atoms with Crippen molar-refractivity contribution in [1.29, 1.82) is 0 Å². The maximum Gasteiger partial charge on any atom is 0.0742 e. The van der Waals surface area contributed by atoms with E-state index in [1.807, 2.05) is 0 Å². The molecule has 1 aliphatic rings. The SMILES string of the molecule is CCCN(CC1=CC(C)=CC(C)C1)CC(Cc1cc(C)cc(CS)c1)OCC. The van der Waals surface area contributed by atoms with Gasteiger partial charge in [0.25, 0.3) is 0 Å². The first-order valence-electron chi connectivity index (χ1n) is 10.9. The predicted octanol–water partition coefficient (Wildman–Crippen LogP) is 6.00. The minimum absolute atomic E-state index is 0.226. The van der Waals surface area contributed by atoms with E-state index in [0.29, 0.717) is 5.92 Å². The van der Waals surface area contributed by atoms with E-state index in [4.69, 9.17) is 4.74 Å². The Hall–Kier alpha value is -1.03. The first-order chi connectivity index (χ1) is 13.4. The summed E-state index contributed by atoms with van der Waals surface area (Å²) in [6.07, 6.45) is 8.31. The quantitative estimate of drug-likeness (QED) is 0.457. The van der Waals surface area contributed by atoms with Gasteiger partial charge >= 0.3 is 0 Å². The fourth-order valence-electron chi connectivity index (χ4n) is 4.42. The Morgan fingerprint density at radius 2 is 1.93 bits per heavy atom. The van der Waals surface area contributed by atoms with Gasteiger partial charge in [-0.1, -0.05) is 60.9 Å². The lowest BCUT2D eigenvalue weighted by atomic mass is 9.92. The molecule has 0 amide bonds. The third-order valence-electron chi connectivity index (χ3n) is 5.24. The van der Waals surface area contributed by atoms with Crippen LogP contribution in [0.2, 0.25) is 0 Å². The fraction of sp³-hybridized carbons (Fsp3) is 0.600. The Morgan fingerprint density at radius 1 is 1.18 bits per heavy atom. The van der Waals surface area contributed by atoms with Gasteiger partial charge < -0.3 is 4.74 Å². The topological polar surface area (TPSA) is 12.5 Å². The number of thiol groups is 1. The fourth-order valence-corrected chi connectivity index (χ4v) is 4.60. The van der Waals surface area contributed by atoms with Crippen LogP contribution < -0.4 is 0 Å². The third kappa shape index (κ3) is 7.77. The lowest BCUT2D eigenvalue weighted by Gasteiger charge is -2.30. The van der Waals surface area contributed by atoms with Crippen molar-refractivity contribution in [3.05, 3.63) is 58.2 Å². The van der Waals surface area contributed by atoms with Crippen LogP contribution in [-0.4, -0.2) is 37.2 Å². The van der Waals surface area contributed by atoms with Crippen molar-refractivity contribution in [3.8, 4) is 0 Å². The van der Waals surface area contributed by atoms with Gasteiger partial charge in [-0.3, -0.25) is 4.90 Å². The lowest BCUT2D eigenvalue weighted by Crippen LogP contribution is -2.37. The van der Waals surface area contributed by atoms with Crippen LogP contribution in [0.25, 0.3) is 0 Å². The monoisotopic (exact) mass is 401 g/mol. The molecule has 0 N–H and O–H groups in total. The molecule has 0 spiro atoms. The molecule has 0 bridgehead atoms. The zero-order valence-electron chi connectivity index (χ0n) is 18.5. The molecule has 2 rings (SSSR count). The molecular formula is C25H39NOS. The van der Waals surface area contributed by atoms with Crippen LogP contribution >= 0.6 is 12.6 Å². The molecule has 0 fully saturated rings. The summed E-state index contributed by atoms with van der Waals surface area (Å²) < 4.78 is 6.18. The van der Waals surface area contributed by atoms with Crippen LogP contribution in [0.3, 0.4) is 0 Å². The molecule has 1 aromatic rings. The van der Waals surface area contributed by atoms with E-state index < -0.39 is 0 Å². The highest BCUT2D eigenvalue weighted by Gasteiger charge is 2.18. The average molecular weight is 402 g/mol. The zero-order valence-corrected chi connectivity index (χ0v) is 19.4. The van der Waals surface area contributed by atoms with Crippen LogP contribution in [0.15, 0.2) is 41.5 Å². The number of allylic oxidation sites excluding steroid dienone is 3. The lowest BCUT2D eigenvalue weighted by molar-refractivity contribution is 0.0357. The molecule has 1 aromatic carbocycles. The minimum atomic E-state index is 0.226. The van der Waals surface area contributed by atoms with E-state index in [1.54, 1.807) is 5.57 Å². The molecule has 3 heteroatoms. The number of benzene rings is 1. The maximum atomic E-state index is 6.18. The zero-order chi connectivity index (χ0) is 20.5. The van der Waals surface area contributed by atoms with Gasteiger partial charge in [-0.15, -0.1) is 0 Å². The van der Waals surface area contributed by atoms with Crippen molar-refractivity contribution in [1.82, 2.24) is 4.90 Å². The number of ether oxygens (including phenoxy) is 1. The largest absolute Gasteiger partial charge is 0.377 e. The van der Waals surface area contributed by atoms with Crippen LogP contribution in [0.1, 0.15) is 57.2 Å². The number of nitrogens with zero attached hydrogens (tertiary/aromatic N) is 1. The minimum Gasteiger partial charge on any atom is -0.377 e. The smallest absolute Gasteiger partial charge is 0.0742 e. The van der Waals surface area contributed by atoms with Crippen molar-refractivity contribution >= 4 is 12.6 Å². The molecule has 0 saturated heterocycles. The van der Waals surface area contributed by atoms with Gasteiger partial charge in [-0.25, -0.2) is 0 Å². The van der Waals surface area contributed by atoms with Crippen molar-refractivity contribution in [2.24, 2.45) is 5.92 Å². The van der Waals surface area contributed by atoms with E-state index in [1.165, 1.54) is 35.1 Å². The number of hydrogen-bond donors (Lipinski definition) is 1. The van der Waals surface area contributed by atoms with Crippen LogP contribution in [-0.2, 0) is 16.9 Å². The Labute approximate surface area is 178 Å². The molecule has 2 nitrogen and oxygen atoms in total. The van der Waals surface area contributed by atoms with Crippen molar-refractivity contribution in [3.63, 3.8) is 0 Å². The Kier molecular flexibility index (Phi) is 9.84. The van der Waals surface area contributed by atoms with Gasteiger partial charge in [0.05, 0.1) is 6.10 Å². The molecular weight excluding hydrogens is 362 g/mol. The first kappa shape index (κ1) is 23.3. The summed E-state index contributed by atoms with van der Waals surface area (Å²) in [4.78, 5) is 2.59. The van der Waals surface area contributed by atoms with Gasteiger partial charge in [0.1, 0.15) is 0 Å². The summed E-state index contributed by atoms with van der Waals surface area (Å²) in [7, 11) is 0. The molecule has 0 radical (unpaired) electrons. The van der Waals surface area contributed by atoms with Gasteiger partial charge in [0.15, 0.2) is 0 Å². The van der Waals surface area contributed by atoms with E-state index in [9.17, 15) is 0 Å². The highest BCUT2D eigenvalue weighted by atomic mass is 32.1. The molecule has 156 valence electrons. The number of hydrogen-bond acceptors (Lipinski definition) is 3. The maximum absolute atomic E-state index is 6.18. The second kappa shape index (κ2) is 11.8. The molecule has 2 atom stereocenters. The molecule has 0 heterocycles. The summed E-state index contributed by atoms with van der Waals surface area (Å²) in [5, 5.41) is 0.